The fourth-order valence-electron chi connectivity index (χ4n) is 4.72. The summed E-state index contributed by atoms with van der Waals surface area (Å²) in [4.78, 5) is 34.8. The van der Waals surface area contributed by atoms with Crippen molar-refractivity contribution in [2.75, 3.05) is 45.9 Å². The van der Waals surface area contributed by atoms with Gasteiger partial charge in [-0.25, -0.2) is 0 Å². The number of hydrogen-bond donors (Lipinski definition) is 2. The summed E-state index contributed by atoms with van der Waals surface area (Å²) >= 11 is 6.16. The summed E-state index contributed by atoms with van der Waals surface area (Å²) in [5.74, 6) is -0.523. The first kappa shape index (κ1) is 33.6. The lowest BCUT2D eigenvalue weighted by Gasteiger charge is -2.34. The van der Waals surface area contributed by atoms with Gasteiger partial charge in [0.1, 0.15) is 24.0 Å². The molecule has 1 fully saturated rings. The normalized spacial score (nSPS) is 15.4. The zero-order valence-electron chi connectivity index (χ0n) is 26.3. The minimum Gasteiger partial charge on any atom is -0.459 e. The third-order valence-corrected chi connectivity index (χ3v) is 7.32. The SMILES string of the molecule is C/C(=N\OCCN1CCN(CC(=O)OC(C)(C)C)CC1)c1cc(C(=O)N[C@@H](C)Cn2ccc(-c3ccc(C#N)c(Cl)c3)n2)n[nH]1. The molecule has 4 rings (SSSR count). The number of piperazine rings is 1. The number of amides is 1. The van der Waals surface area contributed by atoms with Crippen molar-refractivity contribution in [2.24, 2.45) is 5.16 Å². The van der Waals surface area contributed by atoms with Gasteiger partial charge in [0.25, 0.3) is 5.91 Å². The maximum atomic E-state index is 12.8. The molecule has 2 N–H and O–H groups in total. The van der Waals surface area contributed by atoms with Gasteiger partial charge < -0.3 is 14.9 Å². The number of ether oxygens (including phenoxy) is 1. The highest BCUT2D eigenvalue weighted by atomic mass is 35.5. The molecule has 1 saturated heterocycles. The predicted molar refractivity (Wildman–Crippen MR) is 170 cm³/mol. The van der Waals surface area contributed by atoms with Crippen LogP contribution in [0.25, 0.3) is 11.3 Å². The first-order valence-electron chi connectivity index (χ1n) is 14.8. The Kier molecular flexibility index (Phi) is 11.3. The molecule has 0 radical (unpaired) electrons. The van der Waals surface area contributed by atoms with Crippen LogP contribution in [-0.2, 0) is 20.9 Å². The molecular weight excluding hydrogens is 598 g/mol. The largest absolute Gasteiger partial charge is 0.459 e. The lowest BCUT2D eigenvalue weighted by atomic mass is 10.1. The fraction of sp³-hybridized carbons (Fsp3) is 0.484. The van der Waals surface area contributed by atoms with Gasteiger partial charge in [0.15, 0.2) is 5.69 Å². The molecule has 0 unspecified atom stereocenters. The number of nitriles is 1. The van der Waals surface area contributed by atoms with Crippen molar-refractivity contribution in [3.8, 4) is 17.3 Å². The van der Waals surface area contributed by atoms with Gasteiger partial charge >= 0.3 is 5.97 Å². The van der Waals surface area contributed by atoms with Crippen LogP contribution >= 0.6 is 11.6 Å². The Balaban J connectivity index is 1.17. The van der Waals surface area contributed by atoms with Crippen LogP contribution in [0.15, 0.2) is 41.7 Å². The number of halogens is 1. The molecule has 1 aliphatic rings. The summed E-state index contributed by atoms with van der Waals surface area (Å²) in [6, 6.07) is 10.5. The number of aromatic amines is 1. The third kappa shape index (κ3) is 10.1. The van der Waals surface area contributed by atoms with Gasteiger partial charge in [-0.3, -0.25) is 29.2 Å². The monoisotopic (exact) mass is 637 g/mol. The number of hydrogen-bond acceptors (Lipinski definition) is 10. The van der Waals surface area contributed by atoms with Gasteiger partial charge in [-0.2, -0.15) is 15.5 Å². The lowest BCUT2D eigenvalue weighted by molar-refractivity contribution is -0.156. The number of oxime groups is 1. The second-order valence-electron chi connectivity index (χ2n) is 12.0. The Bertz CT molecular complexity index is 1540. The Morgan fingerprint density at radius 1 is 1.18 bits per heavy atom. The molecule has 3 heterocycles. The van der Waals surface area contributed by atoms with Crippen molar-refractivity contribution in [3.63, 3.8) is 0 Å². The van der Waals surface area contributed by atoms with Gasteiger partial charge in [-0.1, -0.05) is 22.8 Å². The molecule has 0 saturated carbocycles. The van der Waals surface area contributed by atoms with E-state index in [1.165, 1.54) is 0 Å². The van der Waals surface area contributed by atoms with Crippen LogP contribution in [0.3, 0.4) is 0 Å². The van der Waals surface area contributed by atoms with Crippen molar-refractivity contribution in [1.82, 2.24) is 35.1 Å². The highest BCUT2D eigenvalue weighted by Crippen LogP contribution is 2.24. The Morgan fingerprint density at radius 3 is 2.60 bits per heavy atom. The van der Waals surface area contributed by atoms with Gasteiger partial charge in [0, 0.05) is 50.5 Å². The number of benzene rings is 1. The van der Waals surface area contributed by atoms with Crippen molar-refractivity contribution in [1.29, 1.82) is 5.26 Å². The molecule has 3 aromatic rings. The Labute approximate surface area is 268 Å². The van der Waals surface area contributed by atoms with Crippen LogP contribution in [-0.4, -0.2) is 105 Å². The van der Waals surface area contributed by atoms with E-state index in [9.17, 15) is 9.59 Å². The number of nitrogens with zero attached hydrogens (tertiary/aromatic N) is 7. The maximum absolute atomic E-state index is 12.8. The average Bonchev–Trinajstić information content (AvgIpc) is 3.65. The Hall–Kier alpha value is -4.25. The molecule has 1 aromatic carbocycles. The topological polar surface area (TPSA) is 154 Å². The first-order chi connectivity index (χ1) is 21.4. The molecule has 240 valence electrons. The third-order valence-electron chi connectivity index (χ3n) is 7.00. The number of rotatable bonds is 12. The van der Waals surface area contributed by atoms with Crippen LogP contribution in [0, 0.1) is 11.3 Å². The standard InChI is InChI=1S/C31H40ClN9O4/c1-21(19-41-9-8-26(37-41)23-6-7-24(18-33)25(32)16-23)34-30(43)28-17-27(35-36-28)22(2)38-44-15-14-39-10-12-40(13-11-39)20-29(42)45-31(3,4)5/h6-9,16-17,21H,10-15,19-20H2,1-5H3,(H,34,43)(H,35,36)/b38-22+/t21-/m0/s1. The van der Waals surface area contributed by atoms with Crippen molar-refractivity contribution < 1.29 is 19.2 Å². The van der Waals surface area contributed by atoms with Crippen molar-refractivity contribution >= 4 is 29.2 Å². The number of carbonyl (C=O) groups excluding carboxylic acids is 2. The first-order valence-corrected chi connectivity index (χ1v) is 15.2. The molecule has 0 spiro atoms. The molecule has 14 heteroatoms. The van der Waals surface area contributed by atoms with Crippen LogP contribution in [0.4, 0.5) is 0 Å². The summed E-state index contributed by atoms with van der Waals surface area (Å²) in [6.07, 6.45) is 1.82. The zero-order chi connectivity index (χ0) is 32.6. The van der Waals surface area contributed by atoms with E-state index < -0.39 is 5.60 Å². The van der Waals surface area contributed by atoms with E-state index >= 15 is 0 Å². The predicted octanol–water partition coefficient (Wildman–Crippen LogP) is 3.32. The van der Waals surface area contributed by atoms with E-state index in [0.717, 1.165) is 31.7 Å². The van der Waals surface area contributed by atoms with Gasteiger partial charge in [-0.05, 0) is 58.9 Å². The number of nitrogens with one attached hydrogen (secondary N) is 2. The van der Waals surface area contributed by atoms with E-state index in [2.05, 4.69) is 35.6 Å². The maximum Gasteiger partial charge on any atom is 0.320 e. The molecule has 2 aromatic heterocycles. The zero-order valence-corrected chi connectivity index (χ0v) is 27.1. The summed E-state index contributed by atoms with van der Waals surface area (Å²) in [6.45, 7) is 14.4. The van der Waals surface area contributed by atoms with Crippen molar-refractivity contribution in [2.45, 2.75) is 52.8 Å². The summed E-state index contributed by atoms with van der Waals surface area (Å²) in [5.41, 5.74) is 2.85. The molecular formula is C31H40ClN9O4. The summed E-state index contributed by atoms with van der Waals surface area (Å²) in [5, 5.41) is 28.1. The molecule has 1 aliphatic heterocycles. The van der Waals surface area contributed by atoms with E-state index in [0.29, 0.717) is 53.9 Å². The van der Waals surface area contributed by atoms with Crippen LogP contribution in [0.5, 0.6) is 0 Å². The lowest BCUT2D eigenvalue weighted by Crippen LogP contribution is -2.49. The van der Waals surface area contributed by atoms with Gasteiger partial charge in [0.2, 0.25) is 0 Å². The molecule has 1 amide bonds. The van der Waals surface area contributed by atoms with Gasteiger partial charge in [0.05, 0.1) is 35.1 Å². The minimum absolute atomic E-state index is 0.200. The molecule has 1 atom stereocenters. The van der Waals surface area contributed by atoms with E-state index in [4.69, 9.17) is 26.4 Å². The number of H-pyrrole nitrogens is 1. The Morgan fingerprint density at radius 2 is 1.91 bits per heavy atom. The number of aromatic nitrogens is 4. The fourth-order valence-corrected chi connectivity index (χ4v) is 4.94. The summed E-state index contributed by atoms with van der Waals surface area (Å²) < 4.78 is 7.15. The minimum atomic E-state index is -0.476. The van der Waals surface area contributed by atoms with E-state index in [1.807, 2.05) is 46.0 Å². The van der Waals surface area contributed by atoms with Gasteiger partial charge in [-0.15, -0.1) is 0 Å². The smallest absolute Gasteiger partial charge is 0.320 e. The molecule has 45 heavy (non-hydrogen) atoms. The number of carbonyl (C=O) groups is 2. The van der Waals surface area contributed by atoms with Crippen LogP contribution < -0.4 is 5.32 Å². The van der Waals surface area contributed by atoms with Crippen molar-refractivity contribution in [3.05, 3.63) is 58.5 Å². The second kappa shape index (κ2) is 15.2. The van der Waals surface area contributed by atoms with E-state index in [-0.39, 0.29) is 23.6 Å². The number of esters is 1. The average molecular weight is 638 g/mol. The van der Waals surface area contributed by atoms with Crippen LogP contribution in [0.2, 0.25) is 5.02 Å². The molecule has 13 nitrogen and oxygen atoms in total. The second-order valence-corrected chi connectivity index (χ2v) is 12.4. The van der Waals surface area contributed by atoms with E-state index in [1.54, 1.807) is 35.9 Å². The van der Waals surface area contributed by atoms with Crippen LogP contribution in [0.1, 0.15) is 56.4 Å². The quantitative estimate of drug-likeness (QED) is 0.132. The highest BCUT2D eigenvalue weighted by molar-refractivity contribution is 6.32. The molecule has 0 aliphatic carbocycles. The molecule has 0 bridgehead atoms. The highest BCUT2D eigenvalue weighted by Gasteiger charge is 2.22. The summed E-state index contributed by atoms with van der Waals surface area (Å²) in [7, 11) is 0.